The molecule has 0 spiro atoms. The van der Waals surface area contributed by atoms with E-state index in [0.29, 0.717) is 6.42 Å². The quantitative estimate of drug-likeness (QED) is 0.566. The van der Waals surface area contributed by atoms with Gasteiger partial charge in [-0.25, -0.2) is 4.79 Å². The Morgan fingerprint density at radius 2 is 1.73 bits per heavy atom. The first kappa shape index (κ1) is 23.8. The summed E-state index contributed by atoms with van der Waals surface area (Å²) in [5.74, 6) is -0.809. The number of carbonyl (C=O) groups is 1. The number of amides is 1. The van der Waals surface area contributed by atoms with Crippen molar-refractivity contribution in [2.75, 3.05) is 17.2 Å². The number of nitrogens with zero attached hydrogens (tertiary/aromatic N) is 2. The van der Waals surface area contributed by atoms with Crippen molar-refractivity contribution in [3.05, 3.63) is 92.1 Å². The summed E-state index contributed by atoms with van der Waals surface area (Å²) in [6, 6.07) is 13.4. The number of H-pyrrole nitrogens is 1. The smallest absolute Gasteiger partial charge is 0.383 e. The number of nitrogens with one attached hydrogen (secondary N) is 1. The number of aromatic amines is 1. The number of halogens is 3. The van der Waals surface area contributed by atoms with Crippen LogP contribution in [-0.2, 0) is 23.9 Å². The number of alkyl halides is 3. The third-order valence-electron chi connectivity index (χ3n) is 5.03. The lowest BCUT2D eigenvalue weighted by Gasteiger charge is -2.24. The summed E-state index contributed by atoms with van der Waals surface area (Å²) in [7, 11) is 0. The summed E-state index contributed by atoms with van der Waals surface area (Å²) in [6.07, 6.45) is -4.47. The molecule has 0 aliphatic rings. The van der Waals surface area contributed by atoms with E-state index >= 15 is 0 Å². The minimum atomic E-state index is -4.54. The molecule has 0 atom stereocenters. The lowest BCUT2D eigenvalue weighted by atomic mass is 10.1. The number of benzene rings is 2. The molecule has 1 heterocycles. The van der Waals surface area contributed by atoms with Crippen molar-refractivity contribution in [3.8, 4) is 0 Å². The van der Waals surface area contributed by atoms with E-state index in [2.05, 4.69) is 4.98 Å². The van der Waals surface area contributed by atoms with Crippen LogP contribution in [0.3, 0.4) is 0 Å². The SMILES string of the molecule is CCCN(C(=O)Cc1cccc(C(F)(F)F)c1)c1c(N)n(Cc2ccccc2)c(=O)[nH]c1=O. The second-order valence-corrected chi connectivity index (χ2v) is 7.49. The van der Waals surface area contributed by atoms with Crippen LogP contribution in [0.1, 0.15) is 30.0 Å². The topological polar surface area (TPSA) is 101 Å². The molecule has 0 saturated carbocycles. The minimum Gasteiger partial charge on any atom is -0.383 e. The molecule has 174 valence electrons. The van der Waals surface area contributed by atoms with Crippen LogP contribution in [0.2, 0.25) is 0 Å². The van der Waals surface area contributed by atoms with Gasteiger partial charge < -0.3 is 10.6 Å². The summed E-state index contributed by atoms with van der Waals surface area (Å²) in [6.45, 7) is 1.93. The van der Waals surface area contributed by atoms with E-state index in [9.17, 15) is 27.6 Å². The number of anilines is 2. The highest BCUT2D eigenvalue weighted by Gasteiger charge is 2.31. The van der Waals surface area contributed by atoms with Gasteiger partial charge in [0, 0.05) is 6.54 Å². The van der Waals surface area contributed by atoms with Crippen molar-refractivity contribution in [3.63, 3.8) is 0 Å². The molecular weight excluding hydrogens is 437 g/mol. The van der Waals surface area contributed by atoms with Gasteiger partial charge in [-0.2, -0.15) is 13.2 Å². The maximum Gasteiger partial charge on any atom is 0.416 e. The lowest BCUT2D eigenvalue weighted by molar-refractivity contribution is -0.137. The average molecular weight is 460 g/mol. The third kappa shape index (κ3) is 5.51. The first-order valence-corrected chi connectivity index (χ1v) is 10.2. The van der Waals surface area contributed by atoms with Crippen molar-refractivity contribution >= 4 is 17.4 Å². The van der Waals surface area contributed by atoms with Gasteiger partial charge in [-0.3, -0.25) is 19.1 Å². The molecule has 1 aromatic heterocycles. The predicted octanol–water partition coefficient (Wildman–Crippen LogP) is 3.17. The van der Waals surface area contributed by atoms with Crippen LogP contribution in [0.25, 0.3) is 0 Å². The molecule has 0 fully saturated rings. The van der Waals surface area contributed by atoms with Crippen molar-refractivity contribution in [1.29, 1.82) is 0 Å². The normalized spacial score (nSPS) is 11.4. The summed E-state index contributed by atoms with van der Waals surface area (Å²) in [5, 5.41) is 0. The Kier molecular flexibility index (Phi) is 7.05. The molecule has 0 bridgehead atoms. The standard InChI is InChI=1S/C23H23F3N4O3/c1-2-11-29(18(31)13-16-9-6-10-17(12-16)23(24,25)26)19-20(27)30(22(33)28-21(19)32)14-15-7-4-3-5-8-15/h3-10,12H,2,11,13-14,27H2,1H3,(H,28,32,33). The molecular formula is C23H23F3N4O3. The molecule has 3 rings (SSSR count). The van der Waals surface area contributed by atoms with Crippen LogP contribution in [0, 0.1) is 0 Å². The highest BCUT2D eigenvalue weighted by atomic mass is 19.4. The minimum absolute atomic E-state index is 0.0665. The number of hydrogen-bond acceptors (Lipinski definition) is 4. The second kappa shape index (κ2) is 9.76. The molecule has 3 N–H and O–H groups in total. The van der Waals surface area contributed by atoms with Gasteiger partial charge in [0.05, 0.1) is 18.5 Å². The molecule has 33 heavy (non-hydrogen) atoms. The Morgan fingerprint density at radius 3 is 2.36 bits per heavy atom. The fourth-order valence-electron chi connectivity index (χ4n) is 3.47. The van der Waals surface area contributed by atoms with Crippen molar-refractivity contribution < 1.29 is 18.0 Å². The summed E-state index contributed by atoms with van der Waals surface area (Å²) in [4.78, 5) is 41.4. The second-order valence-electron chi connectivity index (χ2n) is 7.49. The largest absolute Gasteiger partial charge is 0.416 e. The predicted molar refractivity (Wildman–Crippen MR) is 119 cm³/mol. The molecule has 1 amide bonds. The first-order valence-electron chi connectivity index (χ1n) is 10.2. The Bertz CT molecular complexity index is 1250. The Labute approximate surface area is 187 Å². The van der Waals surface area contributed by atoms with Gasteiger partial charge in [0.25, 0.3) is 5.56 Å². The van der Waals surface area contributed by atoms with E-state index in [4.69, 9.17) is 5.73 Å². The highest BCUT2D eigenvalue weighted by Crippen LogP contribution is 2.30. The van der Waals surface area contributed by atoms with Crippen LogP contribution in [-0.4, -0.2) is 22.0 Å². The molecule has 0 radical (unpaired) electrons. The van der Waals surface area contributed by atoms with E-state index in [1.54, 1.807) is 31.2 Å². The Hall–Kier alpha value is -3.82. The average Bonchev–Trinajstić information content (AvgIpc) is 2.76. The summed E-state index contributed by atoms with van der Waals surface area (Å²) in [5.41, 5.74) is 4.42. The number of rotatable bonds is 7. The van der Waals surface area contributed by atoms with Crippen molar-refractivity contribution in [2.45, 2.75) is 32.5 Å². The number of carbonyl (C=O) groups excluding carboxylic acids is 1. The van der Waals surface area contributed by atoms with E-state index in [1.807, 2.05) is 6.07 Å². The zero-order valence-electron chi connectivity index (χ0n) is 17.9. The molecule has 0 aliphatic carbocycles. The molecule has 3 aromatic rings. The molecule has 0 aliphatic heterocycles. The maximum atomic E-state index is 13.1. The fraction of sp³-hybridized carbons (Fsp3) is 0.261. The maximum absolute atomic E-state index is 13.1. The zero-order valence-corrected chi connectivity index (χ0v) is 17.9. The van der Waals surface area contributed by atoms with Crippen molar-refractivity contribution in [2.24, 2.45) is 0 Å². The molecule has 0 saturated heterocycles. The monoisotopic (exact) mass is 460 g/mol. The van der Waals surface area contributed by atoms with Gasteiger partial charge in [0.1, 0.15) is 5.82 Å². The van der Waals surface area contributed by atoms with E-state index < -0.39 is 28.9 Å². The third-order valence-corrected chi connectivity index (χ3v) is 5.03. The van der Waals surface area contributed by atoms with Crippen LogP contribution >= 0.6 is 0 Å². The van der Waals surface area contributed by atoms with Crippen LogP contribution in [0.5, 0.6) is 0 Å². The van der Waals surface area contributed by atoms with Crippen LogP contribution < -0.4 is 21.9 Å². The highest BCUT2D eigenvalue weighted by molar-refractivity contribution is 5.96. The van der Waals surface area contributed by atoms with Crippen LogP contribution in [0.15, 0.2) is 64.2 Å². The number of nitrogens with two attached hydrogens (primary N) is 1. The molecule has 7 nitrogen and oxygen atoms in total. The van der Waals surface area contributed by atoms with Gasteiger partial charge in [-0.05, 0) is 23.6 Å². The number of hydrogen-bond donors (Lipinski definition) is 2. The van der Waals surface area contributed by atoms with E-state index in [1.165, 1.54) is 12.1 Å². The van der Waals surface area contributed by atoms with Gasteiger partial charge in [0.2, 0.25) is 5.91 Å². The summed E-state index contributed by atoms with van der Waals surface area (Å²) >= 11 is 0. The van der Waals surface area contributed by atoms with E-state index in [0.717, 1.165) is 27.2 Å². The molecule has 10 heteroatoms. The molecule has 0 unspecified atom stereocenters. The van der Waals surface area contributed by atoms with Gasteiger partial charge in [-0.15, -0.1) is 0 Å². The molecule has 2 aromatic carbocycles. The zero-order chi connectivity index (χ0) is 24.2. The number of aromatic nitrogens is 2. The van der Waals surface area contributed by atoms with Crippen molar-refractivity contribution in [1.82, 2.24) is 9.55 Å². The lowest BCUT2D eigenvalue weighted by Crippen LogP contribution is -2.42. The van der Waals surface area contributed by atoms with E-state index in [-0.39, 0.29) is 36.6 Å². The van der Waals surface area contributed by atoms with Gasteiger partial charge >= 0.3 is 11.9 Å². The van der Waals surface area contributed by atoms with Gasteiger partial charge in [0.15, 0.2) is 5.69 Å². The first-order chi connectivity index (χ1) is 15.6. The Balaban J connectivity index is 1.99. The number of nitrogen functional groups attached to an aromatic ring is 1. The van der Waals surface area contributed by atoms with Crippen LogP contribution in [0.4, 0.5) is 24.7 Å². The fourth-order valence-corrected chi connectivity index (χ4v) is 3.47. The van der Waals surface area contributed by atoms with Gasteiger partial charge in [-0.1, -0.05) is 55.5 Å². The Morgan fingerprint density at radius 1 is 1.06 bits per heavy atom. The summed E-state index contributed by atoms with van der Waals surface area (Å²) < 4.78 is 40.2.